The highest BCUT2D eigenvalue weighted by molar-refractivity contribution is 5.93. The molecule has 1 heterocycles. The highest BCUT2D eigenvalue weighted by atomic mass is 16.5. The van der Waals surface area contributed by atoms with Gasteiger partial charge in [0.25, 0.3) is 11.5 Å². The number of methoxy groups -OCH3 is 1. The fourth-order valence-electron chi connectivity index (χ4n) is 1.88. The number of rotatable bonds is 5. The standard InChI is InChI=1S/C16H18N2O3/c1-12(21-2)15(19)17-14-9-6-10-18(16(14)20)11-13-7-4-3-5-8-13/h3-10,12H,11H2,1-2H3,(H,17,19)/t12-/m0/s1. The van der Waals surface area contributed by atoms with E-state index in [1.165, 1.54) is 7.11 Å². The first-order chi connectivity index (χ1) is 10.1. The molecule has 0 spiro atoms. The van der Waals surface area contributed by atoms with E-state index in [0.29, 0.717) is 6.54 Å². The van der Waals surface area contributed by atoms with Crippen LogP contribution in [0.15, 0.2) is 53.5 Å². The molecule has 0 unspecified atom stereocenters. The molecule has 0 aliphatic carbocycles. The summed E-state index contributed by atoms with van der Waals surface area (Å²) in [6.07, 6.45) is 1.09. The Bertz CT molecular complexity index is 665. The van der Waals surface area contributed by atoms with E-state index in [-0.39, 0.29) is 17.2 Å². The fraction of sp³-hybridized carbons (Fsp3) is 0.250. The van der Waals surface area contributed by atoms with Gasteiger partial charge in [-0.1, -0.05) is 30.3 Å². The van der Waals surface area contributed by atoms with Crippen LogP contribution < -0.4 is 10.9 Å². The lowest BCUT2D eigenvalue weighted by atomic mass is 10.2. The smallest absolute Gasteiger partial charge is 0.274 e. The molecule has 0 aliphatic heterocycles. The summed E-state index contributed by atoms with van der Waals surface area (Å²) in [7, 11) is 1.45. The molecule has 110 valence electrons. The minimum absolute atomic E-state index is 0.238. The molecule has 0 radical (unpaired) electrons. The van der Waals surface area contributed by atoms with E-state index in [1.807, 2.05) is 30.3 Å². The number of nitrogens with one attached hydrogen (secondary N) is 1. The summed E-state index contributed by atoms with van der Waals surface area (Å²) >= 11 is 0. The van der Waals surface area contributed by atoms with Crippen molar-refractivity contribution in [1.82, 2.24) is 4.57 Å². The van der Waals surface area contributed by atoms with Crippen molar-refractivity contribution in [3.63, 3.8) is 0 Å². The summed E-state index contributed by atoms with van der Waals surface area (Å²) in [6, 6.07) is 13.0. The maximum Gasteiger partial charge on any atom is 0.274 e. The number of amides is 1. The van der Waals surface area contributed by atoms with Crippen LogP contribution in [0.5, 0.6) is 0 Å². The Labute approximate surface area is 123 Å². The van der Waals surface area contributed by atoms with Crippen LogP contribution in [0.1, 0.15) is 12.5 Å². The molecule has 0 fully saturated rings. The second kappa shape index (κ2) is 6.85. The van der Waals surface area contributed by atoms with E-state index < -0.39 is 6.10 Å². The van der Waals surface area contributed by atoms with Crippen molar-refractivity contribution in [2.24, 2.45) is 0 Å². The van der Waals surface area contributed by atoms with Crippen LogP contribution in [0.25, 0.3) is 0 Å². The lowest BCUT2D eigenvalue weighted by Gasteiger charge is -2.12. The SMILES string of the molecule is CO[C@@H](C)C(=O)Nc1cccn(Cc2ccccc2)c1=O. The number of nitrogens with zero attached hydrogens (tertiary/aromatic N) is 1. The Balaban J connectivity index is 2.20. The van der Waals surface area contributed by atoms with Crippen LogP contribution in [0, 0.1) is 0 Å². The van der Waals surface area contributed by atoms with Gasteiger partial charge in [0.2, 0.25) is 0 Å². The van der Waals surface area contributed by atoms with Crippen molar-refractivity contribution >= 4 is 11.6 Å². The van der Waals surface area contributed by atoms with Crippen molar-refractivity contribution in [3.05, 3.63) is 64.6 Å². The van der Waals surface area contributed by atoms with Gasteiger partial charge in [-0.3, -0.25) is 9.59 Å². The number of aromatic nitrogens is 1. The molecule has 5 nitrogen and oxygen atoms in total. The van der Waals surface area contributed by atoms with Gasteiger partial charge in [0.15, 0.2) is 0 Å². The summed E-state index contributed by atoms with van der Waals surface area (Å²) in [5, 5.41) is 2.59. The third-order valence-electron chi connectivity index (χ3n) is 3.20. The second-order valence-corrected chi connectivity index (χ2v) is 4.71. The Kier molecular flexibility index (Phi) is 4.90. The maximum atomic E-state index is 12.3. The minimum atomic E-state index is -0.604. The van der Waals surface area contributed by atoms with Crippen LogP contribution in [-0.4, -0.2) is 23.7 Å². The van der Waals surface area contributed by atoms with E-state index in [2.05, 4.69) is 5.32 Å². The van der Waals surface area contributed by atoms with Gasteiger partial charge < -0.3 is 14.6 Å². The van der Waals surface area contributed by atoms with Gasteiger partial charge in [0.05, 0.1) is 6.54 Å². The monoisotopic (exact) mass is 286 g/mol. The molecule has 0 aliphatic rings. The molecule has 2 aromatic rings. The second-order valence-electron chi connectivity index (χ2n) is 4.71. The minimum Gasteiger partial charge on any atom is -0.372 e. The molecule has 1 aromatic heterocycles. The number of anilines is 1. The average Bonchev–Trinajstić information content (AvgIpc) is 2.51. The van der Waals surface area contributed by atoms with Crippen molar-refractivity contribution in [2.45, 2.75) is 19.6 Å². The van der Waals surface area contributed by atoms with Gasteiger partial charge in [-0.15, -0.1) is 0 Å². The zero-order valence-corrected chi connectivity index (χ0v) is 12.1. The van der Waals surface area contributed by atoms with Crippen molar-refractivity contribution in [2.75, 3.05) is 12.4 Å². The van der Waals surface area contributed by atoms with Gasteiger partial charge in [-0.2, -0.15) is 0 Å². The Hall–Kier alpha value is -2.40. The lowest BCUT2D eigenvalue weighted by molar-refractivity contribution is -0.124. The molecule has 5 heteroatoms. The molecule has 1 amide bonds. The van der Waals surface area contributed by atoms with E-state index in [0.717, 1.165) is 5.56 Å². The number of pyridine rings is 1. The van der Waals surface area contributed by atoms with Crippen molar-refractivity contribution in [3.8, 4) is 0 Å². The van der Waals surface area contributed by atoms with Crippen LogP contribution in [-0.2, 0) is 16.1 Å². The first-order valence-electron chi connectivity index (χ1n) is 6.69. The van der Waals surface area contributed by atoms with Gasteiger partial charge in [-0.05, 0) is 24.6 Å². The number of hydrogen-bond donors (Lipinski definition) is 1. The maximum absolute atomic E-state index is 12.3. The topological polar surface area (TPSA) is 60.3 Å². The fourth-order valence-corrected chi connectivity index (χ4v) is 1.88. The van der Waals surface area contributed by atoms with E-state index in [1.54, 1.807) is 29.8 Å². The summed E-state index contributed by atoms with van der Waals surface area (Å²) in [6.45, 7) is 2.09. The zero-order chi connectivity index (χ0) is 15.2. The highest BCUT2D eigenvalue weighted by Crippen LogP contribution is 2.04. The van der Waals surface area contributed by atoms with E-state index in [4.69, 9.17) is 4.74 Å². The largest absolute Gasteiger partial charge is 0.372 e. The summed E-state index contributed by atoms with van der Waals surface area (Å²) in [5.74, 6) is -0.341. The normalized spacial score (nSPS) is 11.9. The third-order valence-corrected chi connectivity index (χ3v) is 3.20. The van der Waals surface area contributed by atoms with Gasteiger partial charge >= 0.3 is 0 Å². The molecule has 21 heavy (non-hydrogen) atoms. The first-order valence-corrected chi connectivity index (χ1v) is 6.69. The molecule has 1 N–H and O–H groups in total. The third kappa shape index (κ3) is 3.79. The van der Waals surface area contributed by atoms with Crippen molar-refractivity contribution < 1.29 is 9.53 Å². The number of carbonyl (C=O) groups excluding carboxylic acids is 1. The molecule has 2 rings (SSSR count). The molecular formula is C16H18N2O3. The van der Waals surface area contributed by atoms with Gasteiger partial charge in [0, 0.05) is 13.3 Å². The van der Waals surface area contributed by atoms with E-state index >= 15 is 0 Å². The summed E-state index contributed by atoms with van der Waals surface area (Å²) < 4.78 is 6.49. The molecule has 0 saturated heterocycles. The predicted octanol–water partition coefficient (Wildman–Crippen LogP) is 1.87. The number of hydrogen-bond acceptors (Lipinski definition) is 3. The zero-order valence-electron chi connectivity index (χ0n) is 12.1. The average molecular weight is 286 g/mol. The number of carbonyl (C=O) groups is 1. The lowest BCUT2D eigenvalue weighted by Crippen LogP contribution is -2.31. The van der Waals surface area contributed by atoms with E-state index in [9.17, 15) is 9.59 Å². The van der Waals surface area contributed by atoms with Crippen molar-refractivity contribution in [1.29, 1.82) is 0 Å². The molecular weight excluding hydrogens is 268 g/mol. The summed E-state index contributed by atoms with van der Waals surface area (Å²) in [4.78, 5) is 24.1. The van der Waals surface area contributed by atoms with Crippen LogP contribution >= 0.6 is 0 Å². The molecule has 0 saturated carbocycles. The Morgan fingerprint density at radius 3 is 2.62 bits per heavy atom. The molecule has 1 atom stereocenters. The molecule has 0 bridgehead atoms. The Morgan fingerprint density at radius 2 is 1.95 bits per heavy atom. The van der Waals surface area contributed by atoms with Gasteiger partial charge in [0.1, 0.15) is 11.8 Å². The Morgan fingerprint density at radius 1 is 1.24 bits per heavy atom. The first kappa shape index (κ1) is 15.0. The number of ether oxygens (including phenoxy) is 1. The van der Waals surface area contributed by atoms with Crippen LogP contribution in [0.4, 0.5) is 5.69 Å². The van der Waals surface area contributed by atoms with Crippen LogP contribution in [0.3, 0.4) is 0 Å². The quantitative estimate of drug-likeness (QED) is 0.912. The number of benzene rings is 1. The predicted molar refractivity (Wildman–Crippen MR) is 81.3 cm³/mol. The summed E-state index contributed by atoms with van der Waals surface area (Å²) in [5.41, 5.74) is 1.04. The van der Waals surface area contributed by atoms with Gasteiger partial charge in [-0.25, -0.2) is 0 Å². The molecule has 1 aromatic carbocycles. The highest BCUT2D eigenvalue weighted by Gasteiger charge is 2.13. The van der Waals surface area contributed by atoms with Crippen LogP contribution in [0.2, 0.25) is 0 Å².